The Morgan fingerprint density at radius 1 is 0.923 bits per heavy atom. The molecular formula is C22H22N2O2. The fraction of sp³-hybridized carbons (Fsp3) is 0.227. The number of ether oxygens (including phenoxy) is 2. The summed E-state index contributed by atoms with van der Waals surface area (Å²) in [6.45, 7) is 8.81. The zero-order valence-electron chi connectivity index (χ0n) is 15.5. The zero-order valence-corrected chi connectivity index (χ0v) is 15.5. The number of hydrogen-bond donors (Lipinski definition) is 0. The molecule has 0 amide bonds. The Balaban J connectivity index is 1.68. The summed E-state index contributed by atoms with van der Waals surface area (Å²) in [5.41, 5.74) is 8.10. The van der Waals surface area contributed by atoms with Gasteiger partial charge in [0.05, 0.1) is 5.69 Å². The average molecular weight is 346 g/mol. The minimum Gasteiger partial charge on any atom is -0.454 e. The van der Waals surface area contributed by atoms with E-state index in [0.29, 0.717) is 0 Å². The van der Waals surface area contributed by atoms with Crippen molar-refractivity contribution < 1.29 is 9.47 Å². The molecule has 0 saturated heterocycles. The van der Waals surface area contributed by atoms with E-state index >= 15 is 0 Å². The quantitative estimate of drug-likeness (QED) is 0.612. The summed E-state index contributed by atoms with van der Waals surface area (Å²) >= 11 is 0. The van der Waals surface area contributed by atoms with E-state index in [-0.39, 0.29) is 6.79 Å². The number of aliphatic imine (C=N–C) groups is 1. The van der Waals surface area contributed by atoms with E-state index in [4.69, 9.17) is 9.47 Å². The van der Waals surface area contributed by atoms with Crippen LogP contribution in [0, 0.1) is 27.7 Å². The molecule has 4 nitrogen and oxygen atoms in total. The van der Waals surface area contributed by atoms with E-state index in [1.807, 2.05) is 24.4 Å². The Hall–Kier alpha value is -3.01. The smallest absolute Gasteiger partial charge is 0.231 e. The second kappa shape index (κ2) is 6.37. The third kappa shape index (κ3) is 2.88. The first kappa shape index (κ1) is 16.5. The van der Waals surface area contributed by atoms with Crippen LogP contribution < -0.4 is 9.47 Å². The number of benzene rings is 2. The van der Waals surface area contributed by atoms with Crippen molar-refractivity contribution in [3.63, 3.8) is 0 Å². The summed E-state index contributed by atoms with van der Waals surface area (Å²) < 4.78 is 13.1. The van der Waals surface area contributed by atoms with Gasteiger partial charge in [-0.15, -0.1) is 0 Å². The van der Waals surface area contributed by atoms with Gasteiger partial charge in [-0.3, -0.25) is 4.99 Å². The second-order valence-electron chi connectivity index (χ2n) is 6.75. The van der Waals surface area contributed by atoms with Crippen LogP contribution in [0.1, 0.15) is 28.1 Å². The molecule has 0 bridgehead atoms. The number of fused-ring (bicyclic) bond motifs is 1. The van der Waals surface area contributed by atoms with Gasteiger partial charge < -0.3 is 14.0 Å². The highest BCUT2D eigenvalue weighted by molar-refractivity contribution is 5.84. The van der Waals surface area contributed by atoms with Gasteiger partial charge in [-0.1, -0.05) is 17.7 Å². The second-order valence-corrected chi connectivity index (χ2v) is 6.75. The fourth-order valence-corrected chi connectivity index (χ4v) is 3.45. The Morgan fingerprint density at radius 3 is 2.54 bits per heavy atom. The molecule has 0 unspecified atom stereocenters. The lowest BCUT2D eigenvalue weighted by Gasteiger charge is -2.13. The van der Waals surface area contributed by atoms with Crippen molar-refractivity contribution in [2.45, 2.75) is 27.7 Å². The Kier molecular flexibility index (Phi) is 4.03. The summed E-state index contributed by atoms with van der Waals surface area (Å²) in [5.74, 6) is 1.53. The molecular weight excluding hydrogens is 324 g/mol. The van der Waals surface area contributed by atoms with Gasteiger partial charge in [0.25, 0.3) is 0 Å². The molecule has 0 atom stereocenters. The summed E-state index contributed by atoms with van der Waals surface area (Å²) in [6.07, 6.45) is 1.92. The Bertz CT molecular complexity index is 1020. The number of aryl methyl sites for hydroxylation is 3. The zero-order chi connectivity index (χ0) is 18.3. The Morgan fingerprint density at radius 2 is 1.73 bits per heavy atom. The number of hydrogen-bond acceptors (Lipinski definition) is 3. The van der Waals surface area contributed by atoms with Crippen molar-refractivity contribution >= 4 is 11.9 Å². The van der Waals surface area contributed by atoms with Gasteiger partial charge in [-0.2, -0.15) is 0 Å². The first-order valence-corrected chi connectivity index (χ1v) is 8.73. The molecule has 1 aliphatic rings. The van der Waals surface area contributed by atoms with E-state index in [9.17, 15) is 0 Å². The molecule has 0 saturated carbocycles. The molecule has 1 aromatic heterocycles. The number of nitrogens with zero attached hydrogens (tertiary/aromatic N) is 2. The number of aromatic nitrogens is 1. The van der Waals surface area contributed by atoms with Gasteiger partial charge in [0.15, 0.2) is 11.5 Å². The van der Waals surface area contributed by atoms with E-state index in [2.05, 4.69) is 61.5 Å². The van der Waals surface area contributed by atoms with Crippen LogP contribution in [0.4, 0.5) is 5.69 Å². The molecule has 4 heteroatoms. The summed E-state index contributed by atoms with van der Waals surface area (Å²) in [5, 5.41) is 0. The summed E-state index contributed by atoms with van der Waals surface area (Å²) in [7, 11) is 0. The molecule has 132 valence electrons. The molecule has 3 aromatic rings. The molecule has 0 aliphatic carbocycles. The first-order valence-electron chi connectivity index (χ1n) is 8.73. The number of rotatable bonds is 3. The van der Waals surface area contributed by atoms with Crippen molar-refractivity contribution in [2.24, 2.45) is 4.99 Å². The first-order chi connectivity index (χ1) is 12.5. The lowest BCUT2D eigenvalue weighted by atomic mass is 10.1. The minimum absolute atomic E-state index is 0.277. The summed E-state index contributed by atoms with van der Waals surface area (Å²) in [4.78, 5) is 4.63. The van der Waals surface area contributed by atoms with Gasteiger partial charge in [0.2, 0.25) is 6.79 Å². The highest BCUT2D eigenvalue weighted by atomic mass is 16.7. The van der Waals surface area contributed by atoms with E-state index in [1.54, 1.807) is 0 Å². The maximum Gasteiger partial charge on any atom is 0.231 e. The molecule has 2 aromatic carbocycles. The normalized spacial score (nSPS) is 12.9. The van der Waals surface area contributed by atoms with Gasteiger partial charge in [-0.05, 0) is 57.5 Å². The van der Waals surface area contributed by atoms with E-state index < -0.39 is 0 Å². The standard InChI is InChI=1S/C22H22N2O2/c1-14-5-7-20(15(2)9-14)24-16(3)10-18(17(24)4)12-23-19-6-8-21-22(11-19)26-13-25-21/h5-12H,13H2,1-4H3. The van der Waals surface area contributed by atoms with Crippen LogP contribution in [-0.2, 0) is 0 Å². The van der Waals surface area contributed by atoms with Crippen molar-refractivity contribution in [3.8, 4) is 17.2 Å². The van der Waals surface area contributed by atoms with Crippen LogP contribution in [0.15, 0.2) is 47.5 Å². The highest BCUT2D eigenvalue weighted by Gasteiger charge is 2.14. The lowest BCUT2D eigenvalue weighted by Crippen LogP contribution is -2.02. The van der Waals surface area contributed by atoms with Crippen LogP contribution in [0.25, 0.3) is 5.69 Å². The molecule has 0 radical (unpaired) electrons. The largest absolute Gasteiger partial charge is 0.454 e. The van der Waals surface area contributed by atoms with Crippen LogP contribution in [0.3, 0.4) is 0 Å². The lowest BCUT2D eigenvalue weighted by molar-refractivity contribution is 0.174. The molecule has 0 N–H and O–H groups in total. The predicted molar refractivity (Wildman–Crippen MR) is 105 cm³/mol. The van der Waals surface area contributed by atoms with Crippen molar-refractivity contribution in [2.75, 3.05) is 6.79 Å². The molecule has 4 rings (SSSR count). The van der Waals surface area contributed by atoms with Crippen LogP contribution in [-0.4, -0.2) is 17.6 Å². The van der Waals surface area contributed by atoms with E-state index in [0.717, 1.165) is 22.7 Å². The maximum atomic E-state index is 5.42. The molecule has 0 fully saturated rings. The monoisotopic (exact) mass is 346 g/mol. The van der Waals surface area contributed by atoms with Crippen molar-refractivity contribution in [1.82, 2.24) is 4.57 Å². The SMILES string of the molecule is Cc1ccc(-n2c(C)cc(C=Nc3ccc4c(c3)OCO4)c2C)c(C)c1. The third-order valence-electron chi connectivity index (χ3n) is 4.77. The summed E-state index contributed by atoms with van der Waals surface area (Å²) in [6, 6.07) is 14.5. The fourth-order valence-electron chi connectivity index (χ4n) is 3.45. The van der Waals surface area contributed by atoms with Gasteiger partial charge in [-0.25, -0.2) is 0 Å². The Labute approximate surface area is 153 Å². The van der Waals surface area contributed by atoms with Crippen LogP contribution in [0.2, 0.25) is 0 Å². The van der Waals surface area contributed by atoms with Gasteiger partial charge in [0.1, 0.15) is 0 Å². The van der Waals surface area contributed by atoms with Crippen LogP contribution in [0.5, 0.6) is 11.5 Å². The van der Waals surface area contributed by atoms with E-state index in [1.165, 1.54) is 28.2 Å². The predicted octanol–water partition coefficient (Wildman–Crippen LogP) is 5.19. The van der Waals surface area contributed by atoms with Crippen molar-refractivity contribution in [3.05, 3.63) is 70.5 Å². The molecule has 0 spiro atoms. The van der Waals surface area contributed by atoms with Gasteiger partial charge in [0, 0.05) is 34.9 Å². The maximum absolute atomic E-state index is 5.42. The molecule has 26 heavy (non-hydrogen) atoms. The van der Waals surface area contributed by atoms with Crippen LogP contribution >= 0.6 is 0 Å². The minimum atomic E-state index is 0.277. The third-order valence-corrected chi connectivity index (χ3v) is 4.77. The molecule has 1 aliphatic heterocycles. The van der Waals surface area contributed by atoms with Gasteiger partial charge >= 0.3 is 0 Å². The average Bonchev–Trinajstić information content (AvgIpc) is 3.18. The topological polar surface area (TPSA) is 35.8 Å². The highest BCUT2D eigenvalue weighted by Crippen LogP contribution is 2.35. The molecule has 2 heterocycles. The van der Waals surface area contributed by atoms with Crippen molar-refractivity contribution in [1.29, 1.82) is 0 Å².